The zero-order valence-corrected chi connectivity index (χ0v) is 13.7. The molecule has 0 amide bonds. The van der Waals surface area contributed by atoms with Crippen LogP contribution < -0.4 is 16.4 Å². The molecule has 0 spiro atoms. The Hall–Kier alpha value is -2.96. The van der Waals surface area contributed by atoms with Gasteiger partial charge in [0.15, 0.2) is 0 Å². The standard InChI is InChI=1S/C18H19N5O2/c24-17-5-3-10-19-23(17)14-8-6-13(7-9-14)20-15-12-18(25)22-11-2-1-4-16(22)21-15/h1-5,10-14,20H,6-9H2. The smallest absolute Gasteiger partial charge is 0.266 e. The fourth-order valence-corrected chi connectivity index (χ4v) is 3.44. The van der Waals surface area contributed by atoms with Gasteiger partial charge in [-0.1, -0.05) is 6.07 Å². The maximum Gasteiger partial charge on any atom is 0.266 e. The third-order valence-corrected chi connectivity index (χ3v) is 4.71. The van der Waals surface area contributed by atoms with Crippen LogP contribution in [-0.2, 0) is 0 Å². The molecule has 7 nitrogen and oxygen atoms in total. The quantitative estimate of drug-likeness (QED) is 0.789. The number of nitrogens with zero attached hydrogens (tertiary/aromatic N) is 4. The van der Waals surface area contributed by atoms with E-state index in [0.29, 0.717) is 11.5 Å². The minimum Gasteiger partial charge on any atom is -0.367 e. The van der Waals surface area contributed by atoms with Crippen molar-refractivity contribution in [2.24, 2.45) is 0 Å². The maximum absolute atomic E-state index is 12.2. The molecule has 1 saturated carbocycles. The minimum absolute atomic E-state index is 0.0527. The van der Waals surface area contributed by atoms with Crippen LogP contribution in [0.2, 0.25) is 0 Å². The Bertz CT molecular complexity index is 1000. The summed E-state index contributed by atoms with van der Waals surface area (Å²) in [5, 5.41) is 7.55. The molecule has 0 atom stereocenters. The van der Waals surface area contributed by atoms with Crippen molar-refractivity contribution in [2.75, 3.05) is 5.32 Å². The van der Waals surface area contributed by atoms with Gasteiger partial charge >= 0.3 is 0 Å². The van der Waals surface area contributed by atoms with Crippen LogP contribution in [0.1, 0.15) is 31.7 Å². The predicted octanol–water partition coefficient (Wildman–Crippen LogP) is 1.85. The number of hydrogen-bond donors (Lipinski definition) is 1. The molecule has 4 rings (SSSR count). The molecular formula is C18H19N5O2. The molecule has 3 aromatic rings. The van der Waals surface area contributed by atoms with Crippen LogP contribution in [0, 0.1) is 0 Å². The number of fused-ring (bicyclic) bond motifs is 1. The van der Waals surface area contributed by atoms with Crippen LogP contribution >= 0.6 is 0 Å². The van der Waals surface area contributed by atoms with Crippen molar-refractivity contribution < 1.29 is 0 Å². The first-order valence-corrected chi connectivity index (χ1v) is 8.49. The molecule has 1 N–H and O–H groups in total. The zero-order valence-electron chi connectivity index (χ0n) is 13.7. The molecule has 0 aliphatic heterocycles. The molecule has 0 bridgehead atoms. The average Bonchev–Trinajstić information content (AvgIpc) is 2.63. The van der Waals surface area contributed by atoms with E-state index in [0.717, 1.165) is 25.7 Å². The van der Waals surface area contributed by atoms with E-state index in [-0.39, 0.29) is 23.2 Å². The molecule has 25 heavy (non-hydrogen) atoms. The summed E-state index contributed by atoms with van der Waals surface area (Å²) in [5.41, 5.74) is 0.483. The van der Waals surface area contributed by atoms with Crippen LogP contribution in [0.4, 0.5) is 5.82 Å². The molecule has 3 heterocycles. The first-order chi connectivity index (χ1) is 12.2. The number of pyridine rings is 1. The highest BCUT2D eigenvalue weighted by Gasteiger charge is 2.23. The first kappa shape index (κ1) is 15.6. The first-order valence-electron chi connectivity index (χ1n) is 8.49. The molecule has 7 heteroatoms. The van der Waals surface area contributed by atoms with Gasteiger partial charge < -0.3 is 5.32 Å². The van der Waals surface area contributed by atoms with Crippen molar-refractivity contribution in [3.8, 4) is 0 Å². The molecule has 0 unspecified atom stereocenters. The van der Waals surface area contributed by atoms with Gasteiger partial charge in [-0.25, -0.2) is 9.67 Å². The Morgan fingerprint density at radius 2 is 1.84 bits per heavy atom. The summed E-state index contributed by atoms with van der Waals surface area (Å²) in [6.07, 6.45) is 6.93. The molecular weight excluding hydrogens is 318 g/mol. The molecule has 0 radical (unpaired) electrons. The third kappa shape index (κ3) is 3.17. The Balaban J connectivity index is 1.46. The Morgan fingerprint density at radius 3 is 2.64 bits per heavy atom. The van der Waals surface area contributed by atoms with E-state index in [2.05, 4.69) is 15.4 Å². The van der Waals surface area contributed by atoms with Gasteiger partial charge in [0.05, 0.1) is 6.04 Å². The number of nitrogens with one attached hydrogen (secondary N) is 1. The van der Waals surface area contributed by atoms with Crippen LogP contribution in [0.3, 0.4) is 0 Å². The summed E-state index contributed by atoms with van der Waals surface area (Å²) in [4.78, 5) is 28.5. The fraction of sp³-hybridized carbons (Fsp3) is 0.333. The van der Waals surface area contributed by atoms with Crippen molar-refractivity contribution in [3.63, 3.8) is 0 Å². The average molecular weight is 337 g/mol. The number of anilines is 1. The summed E-state index contributed by atoms with van der Waals surface area (Å²) in [7, 11) is 0. The van der Waals surface area contributed by atoms with Gasteiger partial charge in [-0.15, -0.1) is 0 Å². The normalized spacial score (nSPS) is 20.5. The van der Waals surface area contributed by atoms with Gasteiger partial charge in [-0.05, 0) is 43.9 Å². The maximum atomic E-state index is 12.2. The molecule has 0 aromatic carbocycles. The van der Waals surface area contributed by atoms with E-state index < -0.39 is 0 Å². The topological polar surface area (TPSA) is 81.3 Å². The van der Waals surface area contributed by atoms with Crippen molar-refractivity contribution in [2.45, 2.75) is 37.8 Å². The molecule has 3 aromatic heterocycles. The van der Waals surface area contributed by atoms with Gasteiger partial charge in [0.25, 0.3) is 11.1 Å². The van der Waals surface area contributed by atoms with Crippen LogP contribution in [-0.4, -0.2) is 25.2 Å². The lowest BCUT2D eigenvalue weighted by atomic mass is 9.91. The van der Waals surface area contributed by atoms with Gasteiger partial charge in [-0.3, -0.25) is 14.0 Å². The second kappa shape index (κ2) is 6.51. The molecule has 1 aliphatic rings. The monoisotopic (exact) mass is 337 g/mol. The highest BCUT2D eigenvalue weighted by Crippen LogP contribution is 2.28. The summed E-state index contributed by atoms with van der Waals surface area (Å²) in [6.45, 7) is 0. The molecule has 1 fully saturated rings. The van der Waals surface area contributed by atoms with Crippen LogP contribution in [0.5, 0.6) is 0 Å². The molecule has 128 valence electrons. The highest BCUT2D eigenvalue weighted by molar-refractivity contribution is 5.46. The van der Waals surface area contributed by atoms with Crippen LogP contribution in [0.25, 0.3) is 5.65 Å². The van der Waals surface area contributed by atoms with E-state index in [1.54, 1.807) is 29.2 Å². The summed E-state index contributed by atoms with van der Waals surface area (Å²) in [6, 6.07) is 10.6. The van der Waals surface area contributed by atoms with E-state index in [4.69, 9.17) is 0 Å². The lowest BCUT2D eigenvalue weighted by Gasteiger charge is -2.29. The van der Waals surface area contributed by atoms with Gasteiger partial charge in [0, 0.05) is 30.6 Å². The van der Waals surface area contributed by atoms with Crippen LogP contribution in [0.15, 0.2) is 58.4 Å². The molecule has 1 aliphatic carbocycles. The third-order valence-electron chi connectivity index (χ3n) is 4.71. The van der Waals surface area contributed by atoms with Gasteiger partial charge in [-0.2, -0.15) is 5.10 Å². The fourth-order valence-electron chi connectivity index (χ4n) is 3.44. The predicted molar refractivity (Wildman–Crippen MR) is 94.9 cm³/mol. The molecule has 0 saturated heterocycles. The SMILES string of the molecule is O=c1cccnn1C1CCC(Nc2cc(=O)n3ccccc3n2)CC1. The van der Waals surface area contributed by atoms with Crippen molar-refractivity contribution in [1.29, 1.82) is 0 Å². The van der Waals surface area contributed by atoms with Crippen molar-refractivity contribution in [1.82, 2.24) is 19.2 Å². The number of hydrogen-bond acceptors (Lipinski definition) is 5. The van der Waals surface area contributed by atoms with E-state index in [1.807, 2.05) is 18.2 Å². The Kier molecular flexibility index (Phi) is 4.05. The second-order valence-electron chi connectivity index (χ2n) is 6.36. The summed E-state index contributed by atoms with van der Waals surface area (Å²) < 4.78 is 3.10. The van der Waals surface area contributed by atoms with Gasteiger partial charge in [0.1, 0.15) is 11.5 Å². The summed E-state index contributed by atoms with van der Waals surface area (Å²) in [5.74, 6) is 0.606. The van der Waals surface area contributed by atoms with E-state index in [1.165, 1.54) is 10.5 Å². The van der Waals surface area contributed by atoms with E-state index in [9.17, 15) is 9.59 Å². The number of aromatic nitrogens is 4. The number of rotatable bonds is 3. The van der Waals surface area contributed by atoms with Crippen molar-refractivity contribution >= 4 is 11.5 Å². The zero-order chi connectivity index (χ0) is 17.2. The van der Waals surface area contributed by atoms with Crippen molar-refractivity contribution in [3.05, 3.63) is 69.5 Å². The lowest BCUT2D eigenvalue weighted by molar-refractivity contribution is 0.303. The highest BCUT2D eigenvalue weighted by atomic mass is 16.1. The largest absolute Gasteiger partial charge is 0.367 e. The van der Waals surface area contributed by atoms with Gasteiger partial charge in [0.2, 0.25) is 0 Å². The Labute approximate surface area is 144 Å². The Morgan fingerprint density at radius 1 is 1.00 bits per heavy atom. The second-order valence-corrected chi connectivity index (χ2v) is 6.36. The van der Waals surface area contributed by atoms with E-state index >= 15 is 0 Å². The minimum atomic E-state index is -0.0955. The summed E-state index contributed by atoms with van der Waals surface area (Å²) >= 11 is 0. The lowest BCUT2D eigenvalue weighted by Crippen LogP contribution is -2.33.